The maximum Gasteiger partial charge on any atom is 0.422 e. The first-order valence-electron chi connectivity index (χ1n) is 5.46. The van der Waals surface area contributed by atoms with Crippen LogP contribution in [0.15, 0.2) is 24.3 Å². The van der Waals surface area contributed by atoms with E-state index in [4.69, 9.17) is 0 Å². The SMILES string of the molecule is COC(=O)C(C)Nc1ccccc1OCC(F)(F)F. The van der Waals surface area contributed by atoms with Gasteiger partial charge in [-0.25, -0.2) is 4.79 Å². The highest BCUT2D eigenvalue weighted by Gasteiger charge is 2.29. The molecule has 0 amide bonds. The van der Waals surface area contributed by atoms with Crippen LogP contribution in [0.1, 0.15) is 6.92 Å². The van der Waals surface area contributed by atoms with Gasteiger partial charge in [0.05, 0.1) is 12.8 Å². The fourth-order valence-electron chi connectivity index (χ4n) is 1.34. The molecule has 0 heterocycles. The quantitative estimate of drug-likeness (QED) is 0.840. The van der Waals surface area contributed by atoms with Crippen molar-refractivity contribution in [3.05, 3.63) is 24.3 Å². The molecule has 1 aromatic carbocycles. The third-order valence-electron chi connectivity index (χ3n) is 2.21. The average molecular weight is 277 g/mol. The molecule has 0 aliphatic carbocycles. The van der Waals surface area contributed by atoms with E-state index in [9.17, 15) is 18.0 Å². The lowest BCUT2D eigenvalue weighted by Crippen LogP contribution is -2.27. The molecule has 0 bridgehead atoms. The molecule has 0 spiro atoms. The Bertz CT molecular complexity index is 434. The van der Waals surface area contributed by atoms with Gasteiger partial charge in [-0.15, -0.1) is 0 Å². The van der Waals surface area contributed by atoms with Gasteiger partial charge in [-0.05, 0) is 19.1 Å². The minimum absolute atomic E-state index is 0.0237. The predicted molar refractivity (Wildman–Crippen MR) is 63.1 cm³/mol. The first kappa shape index (κ1) is 15.1. The van der Waals surface area contributed by atoms with Crippen molar-refractivity contribution in [3.8, 4) is 5.75 Å². The number of benzene rings is 1. The molecule has 0 radical (unpaired) electrons. The number of nitrogens with one attached hydrogen (secondary N) is 1. The number of para-hydroxylation sites is 2. The average Bonchev–Trinajstić information content (AvgIpc) is 2.35. The molecule has 7 heteroatoms. The molecule has 0 aliphatic rings. The molecular weight excluding hydrogens is 263 g/mol. The number of hydrogen-bond donors (Lipinski definition) is 1. The van der Waals surface area contributed by atoms with Crippen molar-refractivity contribution in [1.82, 2.24) is 0 Å². The lowest BCUT2D eigenvalue weighted by Gasteiger charge is -2.17. The molecule has 1 N–H and O–H groups in total. The van der Waals surface area contributed by atoms with Crippen molar-refractivity contribution in [2.75, 3.05) is 19.0 Å². The number of methoxy groups -OCH3 is 1. The topological polar surface area (TPSA) is 47.6 Å². The van der Waals surface area contributed by atoms with Crippen molar-refractivity contribution < 1.29 is 27.4 Å². The zero-order valence-electron chi connectivity index (χ0n) is 10.5. The summed E-state index contributed by atoms with van der Waals surface area (Å²) in [5.74, 6) is -0.499. The zero-order valence-corrected chi connectivity index (χ0v) is 10.5. The minimum atomic E-state index is -4.42. The third-order valence-corrected chi connectivity index (χ3v) is 2.21. The second kappa shape index (κ2) is 6.31. The van der Waals surface area contributed by atoms with E-state index in [0.717, 1.165) is 0 Å². The number of carbonyl (C=O) groups is 1. The van der Waals surface area contributed by atoms with Crippen LogP contribution in [0.5, 0.6) is 5.75 Å². The van der Waals surface area contributed by atoms with Gasteiger partial charge in [0.2, 0.25) is 0 Å². The van der Waals surface area contributed by atoms with E-state index in [0.29, 0.717) is 5.69 Å². The molecule has 0 aliphatic heterocycles. The number of rotatable bonds is 5. The first-order valence-corrected chi connectivity index (χ1v) is 5.46. The van der Waals surface area contributed by atoms with Gasteiger partial charge in [-0.1, -0.05) is 12.1 Å². The van der Waals surface area contributed by atoms with Gasteiger partial charge in [-0.3, -0.25) is 0 Å². The fourth-order valence-corrected chi connectivity index (χ4v) is 1.34. The van der Waals surface area contributed by atoms with Crippen molar-refractivity contribution in [2.24, 2.45) is 0 Å². The predicted octanol–water partition coefficient (Wildman–Crippen LogP) is 2.60. The summed E-state index contributed by atoms with van der Waals surface area (Å²) in [6.45, 7) is 0.144. The van der Waals surface area contributed by atoms with Crippen molar-refractivity contribution in [1.29, 1.82) is 0 Å². The molecule has 0 saturated heterocycles. The van der Waals surface area contributed by atoms with Gasteiger partial charge in [0.1, 0.15) is 11.8 Å². The van der Waals surface area contributed by atoms with Crippen LogP contribution in [0.4, 0.5) is 18.9 Å². The zero-order chi connectivity index (χ0) is 14.5. The summed E-state index contributed by atoms with van der Waals surface area (Å²) < 4.78 is 45.5. The van der Waals surface area contributed by atoms with Gasteiger partial charge < -0.3 is 14.8 Å². The molecule has 0 saturated carbocycles. The van der Waals surface area contributed by atoms with Gasteiger partial charge in [0.15, 0.2) is 6.61 Å². The van der Waals surface area contributed by atoms with Gasteiger partial charge in [-0.2, -0.15) is 13.2 Å². The number of anilines is 1. The monoisotopic (exact) mass is 277 g/mol. The third kappa shape index (κ3) is 5.07. The Hall–Kier alpha value is -1.92. The Labute approximate surface area is 108 Å². The Morgan fingerprint density at radius 3 is 2.58 bits per heavy atom. The number of halogens is 3. The molecule has 1 atom stereocenters. The Morgan fingerprint density at radius 2 is 2.00 bits per heavy atom. The maximum absolute atomic E-state index is 12.1. The van der Waals surface area contributed by atoms with Crippen LogP contribution < -0.4 is 10.1 Å². The number of hydrogen-bond acceptors (Lipinski definition) is 4. The fraction of sp³-hybridized carbons (Fsp3) is 0.417. The van der Waals surface area contributed by atoms with Crippen LogP contribution in [0.25, 0.3) is 0 Å². The molecule has 4 nitrogen and oxygen atoms in total. The molecule has 106 valence electrons. The molecule has 0 fully saturated rings. The van der Waals surface area contributed by atoms with Gasteiger partial charge >= 0.3 is 12.1 Å². The summed E-state index contributed by atoms with van der Waals surface area (Å²) in [6.07, 6.45) is -4.42. The van der Waals surface area contributed by atoms with E-state index in [-0.39, 0.29) is 5.75 Å². The van der Waals surface area contributed by atoms with Crippen LogP contribution in [-0.2, 0) is 9.53 Å². The molecule has 0 aromatic heterocycles. The smallest absolute Gasteiger partial charge is 0.422 e. The maximum atomic E-state index is 12.1. The van der Waals surface area contributed by atoms with E-state index in [2.05, 4.69) is 14.8 Å². The highest BCUT2D eigenvalue weighted by atomic mass is 19.4. The lowest BCUT2D eigenvalue weighted by atomic mass is 10.2. The van der Waals surface area contributed by atoms with Crippen molar-refractivity contribution in [3.63, 3.8) is 0 Å². The van der Waals surface area contributed by atoms with Crippen LogP contribution in [0, 0.1) is 0 Å². The van der Waals surface area contributed by atoms with E-state index in [1.165, 1.54) is 26.2 Å². The van der Waals surface area contributed by atoms with Crippen LogP contribution in [0.3, 0.4) is 0 Å². The Kier molecular flexibility index (Phi) is 5.02. The lowest BCUT2D eigenvalue weighted by molar-refractivity contribution is -0.153. The molecule has 19 heavy (non-hydrogen) atoms. The standard InChI is InChI=1S/C12H14F3NO3/c1-8(11(17)18-2)16-9-5-3-4-6-10(9)19-7-12(13,14)15/h3-6,8,16H,7H2,1-2H3. The second-order valence-electron chi connectivity index (χ2n) is 3.79. The highest BCUT2D eigenvalue weighted by Crippen LogP contribution is 2.26. The first-order chi connectivity index (χ1) is 8.83. The summed E-state index contributed by atoms with van der Waals surface area (Å²) in [4.78, 5) is 11.2. The van der Waals surface area contributed by atoms with E-state index < -0.39 is 24.8 Å². The van der Waals surface area contributed by atoms with Gasteiger partial charge in [0.25, 0.3) is 0 Å². The largest absolute Gasteiger partial charge is 0.482 e. The number of carbonyl (C=O) groups excluding carboxylic acids is 1. The number of ether oxygens (including phenoxy) is 2. The molecule has 1 unspecified atom stereocenters. The highest BCUT2D eigenvalue weighted by molar-refractivity contribution is 5.79. The van der Waals surface area contributed by atoms with Crippen LogP contribution in [-0.4, -0.2) is 31.9 Å². The minimum Gasteiger partial charge on any atom is -0.482 e. The van der Waals surface area contributed by atoms with Gasteiger partial charge in [0, 0.05) is 0 Å². The van der Waals surface area contributed by atoms with Crippen molar-refractivity contribution in [2.45, 2.75) is 19.1 Å². The summed E-state index contributed by atoms with van der Waals surface area (Å²) in [5.41, 5.74) is 0.296. The molecular formula is C12H14F3NO3. The van der Waals surface area contributed by atoms with Crippen molar-refractivity contribution >= 4 is 11.7 Å². The summed E-state index contributed by atoms with van der Waals surface area (Å²) in [5, 5.41) is 2.73. The summed E-state index contributed by atoms with van der Waals surface area (Å²) in [6, 6.07) is 5.37. The number of esters is 1. The Balaban J connectivity index is 2.75. The second-order valence-corrected chi connectivity index (χ2v) is 3.79. The van der Waals surface area contributed by atoms with E-state index >= 15 is 0 Å². The van der Waals surface area contributed by atoms with Crippen LogP contribution >= 0.6 is 0 Å². The number of alkyl halides is 3. The van der Waals surface area contributed by atoms with Crippen LogP contribution in [0.2, 0.25) is 0 Å². The molecule has 1 rings (SSSR count). The van der Waals surface area contributed by atoms with E-state index in [1.807, 2.05) is 0 Å². The molecule has 1 aromatic rings. The Morgan fingerprint density at radius 1 is 1.37 bits per heavy atom. The normalized spacial score (nSPS) is 12.7. The summed E-state index contributed by atoms with van der Waals surface area (Å²) >= 11 is 0. The van der Waals surface area contributed by atoms with E-state index in [1.54, 1.807) is 12.1 Å². The summed E-state index contributed by atoms with van der Waals surface area (Å²) in [7, 11) is 1.23.